The fourth-order valence-electron chi connectivity index (χ4n) is 2.15. The van der Waals surface area contributed by atoms with Crippen LogP contribution in [-0.4, -0.2) is 29.7 Å². The Kier molecular flexibility index (Phi) is 3.20. The van der Waals surface area contributed by atoms with Gasteiger partial charge in [0.2, 0.25) is 5.88 Å². The highest BCUT2D eigenvalue weighted by Gasteiger charge is 2.14. The van der Waals surface area contributed by atoms with Gasteiger partial charge in [-0.05, 0) is 43.3 Å². The van der Waals surface area contributed by atoms with E-state index in [0.717, 1.165) is 48.1 Å². The maximum absolute atomic E-state index is 5.77. The molecule has 4 nitrogen and oxygen atoms in total. The van der Waals surface area contributed by atoms with Gasteiger partial charge < -0.3 is 10.1 Å². The molecule has 90 valence electrons. The predicted molar refractivity (Wildman–Crippen MR) is 68.5 cm³/mol. The summed E-state index contributed by atoms with van der Waals surface area (Å²) in [5, 5.41) is 5.39. The van der Waals surface area contributed by atoms with Crippen LogP contribution in [0.1, 0.15) is 12.8 Å². The zero-order valence-electron chi connectivity index (χ0n) is 9.56. The van der Waals surface area contributed by atoms with Gasteiger partial charge >= 0.3 is 0 Å². The Balaban J connectivity index is 1.62. The van der Waals surface area contributed by atoms with Gasteiger partial charge in [-0.3, -0.25) is 0 Å². The van der Waals surface area contributed by atoms with Crippen molar-refractivity contribution in [2.45, 2.75) is 12.8 Å². The maximum atomic E-state index is 5.77. The van der Waals surface area contributed by atoms with Crippen LogP contribution in [0.4, 0.5) is 0 Å². The van der Waals surface area contributed by atoms with E-state index in [9.17, 15) is 0 Å². The minimum Gasteiger partial charge on any atom is -0.477 e. The number of fused-ring (bicyclic) bond motifs is 1. The second-order valence-electron chi connectivity index (χ2n) is 4.31. The molecule has 1 N–H and O–H groups in total. The van der Waals surface area contributed by atoms with Crippen LogP contribution in [0, 0.1) is 5.92 Å². The van der Waals surface area contributed by atoms with Gasteiger partial charge in [-0.15, -0.1) is 11.3 Å². The van der Waals surface area contributed by atoms with Crippen molar-refractivity contribution >= 4 is 21.6 Å². The molecule has 5 heteroatoms. The fraction of sp³-hybridized carbons (Fsp3) is 0.500. The lowest BCUT2D eigenvalue weighted by Gasteiger charge is -2.09. The molecule has 1 unspecified atom stereocenters. The molecule has 0 amide bonds. The van der Waals surface area contributed by atoms with Gasteiger partial charge in [0, 0.05) is 0 Å². The summed E-state index contributed by atoms with van der Waals surface area (Å²) < 4.78 is 6.82. The van der Waals surface area contributed by atoms with Crippen LogP contribution in [0.3, 0.4) is 0 Å². The number of nitrogens with zero attached hydrogens (tertiary/aromatic N) is 2. The third-order valence-electron chi connectivity index (χ3n) is 3.14. The molecule has 1 atom stereocenters. The number of aromatic nitrogens is 2. The molecule has 0 saturated carbocycles. The topological polar surface area (TPSA) is 47.0 Å². The molecule has 0 aliphatic carbocycles. The van der Waals surface area contributed by atoms with Crippen molar-refractivity contribution in [3.63, 3.8) is 0 Å². The Morgan fingerprint density at radius 2 is 2.47 bits per heavy atom. The van der Waals surface area contributed by atoms with Gasteiger partial charge in [-0.2, -0.15) is 0 Å². The Morgan fingerprint density at radius 1 is 1.47 bits per heavy atom. The molecule has 0 spiro atoms. The number of rotatable bonds is 4. The zero-order chi connectivity index (χ0) is 11.5. The van der Waals surface area contributed by atoms with Crippen LogP contribution in [0.25, 0.3) is 10.2 Å². The lowest BCUT2D eigenvalue weighted by molar-refractivity contribution is 0.277. The highest BCUT2D eigenvalue weighted by Crippen LogP contribution is 2.26. The monoisotopic (exact) mass is 249 g/mol. The summed E-state index contributed by atoms with van der Waals surface area (Å²) in [6.07, 6.45) is 3.94. The molecule has 3 rings (SSSR count). The smallest absolute Gasteiger partial charge is 0.234 e. The standard InChI is InChI=1S/C12H15N3OS/c1-4-13-7-9(1)2-5-16-12-11-10(3-6-17-11)14-8-15-12/h3,6,8-9,13H,1-2,4-5,7H2. The van der Waals surface area contributed by atoms with Crippen molar-refractivity contribution in [3.05, 3.63) is 17.8 Å². The third-order valence-corrected chi connectivity index (χ3v) is 4.03. The van der Waals surface area contributed by atoms with Crippen molar-refractivity contribution < 1.29 is 4.74 Å². The van der Waals surface area contributed by atoms with Crippen molar-refractivity contribution in [1.82, 2.24) is 15.3 Å². The van der Waals surface area contributed by atoms with Gasteiger partial charge in [-0.1, -0.05) is 0 Å². The maximum Gasteiger partial charge on any atom is 0.234 e. The molecule has 1 saturated heterocycles. The fourth-order valence-corrected chi connectivity index (χ4v) is 2.94. The van der Waals surface area contributed by atoms with E-state index in [1.165, 1.54) is 6.42 Å². The Labute approximate surface area is 104 Å². The van der Waals surface area contributed by atoms with Crippen molar-refractivity contribution in [1.29, 1.82) is 0 Å². The summed E-state index contributed by atoms with van der Waals surface area (Å²) in [6, 6.07) is 2.00. The molecule has 1 aliphatic rings. The molecular weight excluding hydrogens is 234 g/mol. The molecule has 0 radical (unpaired) electrons. The quantitative estimate of drug-likeness (QED) is 0.901. The first-order valence-electron chi connectivity index (χ1n) is 5.95. The van der Waals surface area contributed by atoms with E-state index < -0.39 is 0 Å². The number of hydrogen-bond acceptors (Lipinski definition) is 5. The van der Waals surface area contributed by atoms with Crippen molar-refractivity contribution in [2.24, 2.45) is 5.92 Å². The van der Waals surface area contributed by atoms with Crippen molar-refractivity contribution in [2.75, 3.05) is 19.7 Å². The van der Waals surface area contributed by atoms with Gasteiger partial charge in [0.1, 0.15) is 11.0 Å². The lowest BCUT2D eigenvalue weighted by atomic mass is 10.1. The van der Waals surface area contributed by atoms with Gasteiger partial charge in [0.25, 0.3) is 0 Å². The normalized spacial score (nSPS) is 19.9. The van der Waals surface area contributed by atoms with Gasteiger partial charge in [0.15, 0.2) is 0 Å². The molecule has 2 aromatic rings. The summed E-state index contributed by atoms with van der Waals surface area (Å²) in [4.78, 5) is 8.40. The zero-order valence-corrected chi connectivity index (χ0v) is 10.4. The summed E-state index contributed by atoms with van der Waals surface area (Å²) in [6.45, 7) is 3.02. The minimum absolute atomic E-state index is 0.732. The second kappa shape index (κ2) is 4.98. The first kappa shape index (κ1) is 10.9. The first-order chi connectivity index (χ1) is 8.43. The SMILES string of the molecule is c1nc(OCCC2CCNC2)c2sccc2n1. The largest absolute Gasteiger partial charge is 0.477 e. The lowest BCUT2D eigenvalue weighted by Crippen LogP contribution is -2.12. The number of thiophene rings is 1. The summed E-state index contributed by atoms with van der Waals surface area (Å²) >= 11 is 1.63. The average molecular weight is 249 g/mol. The molecule has 17 heavy (non-hydrogen) atoms. The summed E-state index contributed by atoms with van der Waals surface area (Å²) in [5.74, 6) is 1.49. The Morgan fingerprint density at radius 3 is 3.35 bits per heavy atom. The third kappa shape index (κ3) is 2.40. The van der Waals surface area contributed by atoms with Crippen LogP contribution >= 0.6 is 11.3 Å². The molecule has 3 heterocycles. The Hall–Kier alpha value is -1.20. The minimum atomic E-state index is 0.732. The van der Waals surface area contributed by atoms with E-state index in [2.05, 4.69) is 15.3 Å². The van der Waals surface area contributed by atoms with E-state index in [1.54, 1.807) is 17.7 Å². The second-order valence-corrected chi connectivity index (χ2v) is 5.23. The van der Waals surface area contributed by atoms with E-state index in [-0.39, 0.29) is 0 Å². The van der Waals surface area contributed by atoms with Gasteiger partial charge in [0.05, 0.1) is 12.1 Å². The summed E-state index contributed by atoms with van der Waals surface area (Å²) in [7, 11) is 0. The van der Waals surface area contributed by atoms with E-state index in [1.807, 2.05) is 11.4 Å². The number of ether oxygens (including phenoxy) is 1. The first-order valence-corrected chi connectivity index (χ1v) is 6.83. The van der Waals surface area contributed by atoms with Crippen LogP contribution < -0.4 is 10.1 Å². The van der Waals surface area contributed by atoms with Crippen molar-refractivity contribution in [3.8, 4) is 5.88 Å². The predicted octanol–water partition coefficient (Wildman–Crippen LogP) is 2.07. The van der Waals surface area contributed by atoms with E-state index >= 15 is 0 Å². The Bertz CT molecular complexity index is 493. The number of hydrogen-bond donors (Lipinski definition) is 1. The van der Waals surface area contributed by atoms with Crippen LogP contribution in [-0.2, 0) is 0 Å². The van der Waals surface area contributed by atoms with E-state index in [4.69, 9.17) is 4.74 Å². The summed E-state index contributed by atoms with van der Waals surface area (Å²) in [5.41, 5.74) is 0.975. The average Bonchev–Trinajstić information content (AvgIpc) is 2.99. The molecule has 0 aromatic carbocycles. The molecule has 1 fully saturated rings. The number of nitrogens with one attached hydrogen (secondary N) is 1. The van der Waals surface area contributed by atoms with Crippen LogP contribution in [0.2, 0.25) is 0 Å². The molecule has 0 bridgehead atoms. The van der Waals surface area contributed by atoms with Crippen LogP contribution in [0.15, 0.2) is 17.8 Å². The molecule has 2 aromatic heterocycles. The highest BCUT2D eigenvalue weighted by molar-refractivity contribution is 7.17. The molecular formula is C12H15N3OS. The van der Waals surface area contributed by atoms with Gasteiger partial charge in [-0.25, -0.2) is 9.97 Å². The van der Waals surface area contributed by atoms with Crippen LogP contribution in [0.5, 0.6) is 5.88 Å². The highest BCUT2D eigenvalue weighted by atomic mass is 32.1. The van der Waals surface area contributed by atoms with E-state index in [0.29, 0.717) is 0 Å². The molecule has 1 aliphatic heterocycles.